The normalized spacial score (nSPS) is 9.65. The van der Waals surface area contributed by atoms with Crippen LogP contribution in [0.15, 0.2) is 60.7 Å². The van der Waals surface area contributed by atoms with Crippen molar-refractivity contribution in [3.8, 4) is 0 Å². The minimum atomic E-state index is -0.225. The van der Waals surface area contributed by atoms with Crippen molar-refractivity contribution in [3.63, 3.8) is 0 Å². The predicted octanol–water partition coefficient (Wildman–Crippen LogP) is 2.30. The molecule has 0 aromatic heterocycles. The lowest BCUT2D eigenvalue weighted by atomic mass is 10.0. The van der Waals surface area contributed by atoms with Crippen molar-refractivity contribution in [2.24, 2.45) is 0 Å². The van der Waals surface area contributed by atoms with Gasteiger partial charge in [0.05, 0.1) is 0 Å². The molecule has 3 heteroatoms. The fraction of sp³-hybridized carbons (Fsp3) is 0. The Morgan fingerprint density at radius 3 is 1.71 bits per heavy atom. The van der Waals surface area contributed by atoms with E-state index in [1.807, 2.05) is 24.3 Å². The maximum Gasteiger partial charge on any atom is 0.206 e. The van der Waals surface area contributed by atoms with Crippen LogP contribution >= 0.6 is 0 Å². The highest BCUT2D eigenvalue weighted by atomic mass is 32.1. The molecule has 0 aliphatic carbocycles. The van der Waals surface area contributed by atoms with Gasteiger partial charge in [0.15, 0.2) is 0 Å². The van der Waals surface area contributed by atoms with E-state index in [1.165, 1.54) is 0 Å². The second-order valence-corrected chi connectivity index (χ2v) is 4.05. The summed E-state index contributed by atoms with van der Waals surface area (Å²) >= 11 is 0.243. The molecule has 0 saturated carbocycles. The predicted molar refractivity (Wildman–Crippen MR) is 69.5 cm³/mol. The van der Waals surface area contributed by atoms with Crippen molar-refractivity contribution >= 4 is 21.9 Å². The molecule has 0 fully saturated rings. The van der Waals surface area contributed by atoms with E-state index < -0.39 is 0 Å². The molecule has 0 bridgehead atoms. The van der Waals surface area contributed by atoms with Crippen LogP contribution in [-0.2, 0) is 11.3 Å². The fourth-order valence-corrected chi connectivity index (χ4v) is 1.95. The number of carbonyl (C=O) groups is 1. The molecular formula is C14H10O2S. The second-order valence-electron chi connectivity index (χ2n) is 3.47. The van der Waals surface area contributed by atoms with Crippen LogP contribution in [0.4, 0.5) is 0 Å². The van der Waals surface area contributed by atoms with Crippen molar-refractivity contribution in [2.45, 2.75) is 0 Å². The third kappa shape index (κ3) is 2.57. The number of hydrogen-bond acceptors (Lipinski definition) is 2. The van der Waals surface area contributed by atoms with Crippen LogP contribution in [0.2, 0.25) is 0 Å². The van der Waals surface area contributed by atoms with Gasteiger partial charge < -0.3 is 0 Å². The van der Waals surface area contributed by atoms with Crippen LogP contribution in [0, 0.1) is 0 Å². The molecule has 0 spiro atoms. The van der Waals surface area contributed by atoms with E-state index in [0.29, 0.717) is 11.1 Å². The molecule has 0 amide bonds. The summed E-state index contributed by atoms with van der Waals surface area (Å²) in [6.45, 7) is 0. The van der Waals surface area contributed by atoms with Gasteiger partial charge in [0, 0.05) is 5.56 Å². The number of carbonyl (C=O) groups excluding carboxylic acids is 1. The average Bonchev–Trinajstić information content (AvgIpc) is 2.42. The van der Waals surface area contributed by atoms with Crippen LogP contribution in [0.3, 0.4) is 0 Å². The van der Waals surface area contributed by atoms with Crippen LogP contribution in [0.25, 0.3) is 0 Å². The van der Waals surface area contributed by atoms with Crippen molar-refractivity contribution in [1.82, 2.24) is 0 Å². The molecule has 0 N–H and O–H groups in total. The molecule has 2 nitrogen and oxygen atoms in total. The maximum absolute atomic E-state index is 12.1. The molecule has 2 aromatic carbocycles. The zero-order valence-corrected chi connectivity index (χ0v) is 9.81. The summed E-state index contributed by atoms with van der Waals surface area (Å²) in [5.41, 5.74) is 1.20. The average molecular weight is 242 g/mol. The highest BCUT2D eigenvalue weighted by molar-refractivity contribution is 7.69. The summed E-state index contributed by atoms with van der Waals surface area (Å²) in [4.78, 5) is 12.4. The third-order valence-corrected chi connectivity index (χ3v) is 2.95. The summed E-state index contributed by atoms with van der Waals surface area (Å²) in [5, 5.41) is 0. The zero-order valence-electron chi connectivity index (χ0n) is 9.00. The molecule has 84 valence electrons. The summed E-state index contributed by atoms with van der Waals surface area (Å²) < 4.78 is 11.1. The molecular weight excluding hydrogens is 232 g/mol. The van der Waals surface area contributed by atoms with Gasteiger partial charge >= 0.3 is 0 Å². The lowest BCUT2D eigenvalue weighted by Crippen LogP contribution is -2.15. The summed E-state index contributed by atoms with van der Waals surface area (Å²) in [7, 11) is 0. The van der Waals surface area contributed by atoms with Gasteiger partial charge in [-0.15, -0.1) is 0 Å². The molecule has 0 saturated heterocycles. The van der Waals surface area contributed by atoms with Crippen LogP contribution < -0.4 is 0 Å². The van der Waals surface area contributed by atoms with Crippen LogP contribution in [0.5, 0.6) is 0 Å². The molecule has 0 radical (unpaired) electrons. The van der Waals surface area contributed by atoms with Gasteiger partial charge in [0.25, 0.3) is 0 Å². The highest BCUT2D eigenvalue weighted by Crippen LogP contribution is 2.07. The first-order valence-electron chi connectivity index (χ1n) is 5.15. The lowest BCUT2D eigenvalue weighted by molar-refractivity contribution is 0.106. The van der Waals surface area contributed by atoms with Crippen LogP contribution in [-0.4, -0.2) is 14.9 Å². The second kappa shape index (κ2) is 5.37. The number of benzene rings is 2. The van der Waals surface area contributed by atoms with Crippen molar-refractivity contribution in [1.29, 1.82) is 0 Å². The van der Waals surface area contributed by atoms with Crippen molar-refractivity contribution in [2.75, 3.05) is 0 Å². The largest absolute Gasteiger partial charge is 0.288 e. The van der Waals surface area contributed by atoms with Gasteiger partial charge in [0.2, 0.25) is 5.78 Å². The third-order valence-electron chi connectivity index (χ3n) is 2.36. The molecule has 0 aliphatic rings. The minimum absolute atomic E-state index is 0.225. The number of ketones is 1. The number of rotatable bonds is 3. The smallest absolute Gasteiger partial charge is 0.206 e. The Morgan fingerprint density at radius 1 is 0.765 bits per heavy atom. The number of Topliss-reactive ketones (excluding diaryl/α,β-unsaturated/α-hetero) is 1. The van der Waals surface area contributed by atoms with Gasteiger partial charge in [0.1, 0.15) is 16.1 Å². The van der Waals surface area contributed by atoms with Gasteiger partial charge in [-0.2, -0.15) is 0 Å². The molecule has 0 aliphatic heterocycles. The molecule has 0 unspecified atom stereocenters. The van der Waals surface area contributed by atoms with Crippen molar-refractivity contribution < 1.29 is 9.00 Å². The van der Waals surface area contributed by atoms with E-state index >= 15 is 0 Å². The SMILES string of the molecule is O=S=C(C(=O)c1ccccc1)c1ccccc1. The molecule has 2 rings (SSSR count). The summed E-state index contributed by atoms with van der Waals surface area (Å²) in [6, 6.07) is 17.8. The Balaban J connectivity index is 2.40. The first kappa shape index (κ1) is 11.5. The molecule has 0 atom stereocenters. The van der Waals surface area contributed by atoms with E-state index in [9.17, 15) is 9.00 Å². The zero-order chi connectivity index (χ0) is 12.1. The highest BCUT2D eigenvalue weighted by Gasteiger charge is 2.14. The van der Waals surface area contributed by atoms with Gasteiger partial charge in [-0.1, -0.05) is 60.7 Å². The maximum atomic E-state index is 12.1. The topological polar surface area (TPSA) is 34.1 Å². The standard InChI is InChI=1S/C14H10O2S/c15-13(11-7-3-1-4-8-11)14(17-16)12-9-5-2-6-10-12/h1-10H. The van der Waals surface area contributed by atoms with Crippen LogP contribution in [0.1, 0.15) is 15.9 Å². The minimum Gasteiger partial charge on any atom is -0.288 e. The molecule has 17 heavy (non-hydrogen) atoms. The number of hydrogen-bond donors (Lipinski definition) is 0. The molecule has 2 aromatic rings. The first-order chi connectivity index (χ1) is 8.33. The summed E-state index contributed by atoms with van der Waals surface area (Å²) in [5.74, 6) is -0.225. The Kier molecular flexibility index (Phi) is 3.62. The monoisotopic (exact) mass is 242 g/mol. The van der Waals surface area contributed by atoms with Gasteiger partial charge in [-0.3, -0.25) is 4.79 Å². The van der Waals surface area contributed by atoms with Gasteiger partial charge in [-0.05, 0) is 5.56 Å². The van der Waals surface area contributed by atoms with E-state index in [4.69, 9.17) is 0 Å². The summed E-state index contributed by atoms with van der Waals surface area (Å²) in [6.07, 6.45) is 0. The van der Waals surface area contributed by atoms with E-state index in [-0.39, 0.29) is 21.9 Å². The van der Waals surface area contributed by atoms with E-state index in [0.717, 1.165) is 0 Å². The quantitative estimate of drug-likeness (QED) is 0.611. The first-order valence-corrected chi connectivity index (χ1v) is 5.89. The Morgan fingerprint density at radius 2 is 1.24 bits per heavy atom. The van der Waals surface area contributed by atoms with E-state index in [2.05, 4.69) is 0 Å². The Labute approximate surface area is 103 Å². The van der Waals surface area contributed by atoms with Crippen molar-refractivity contribution in [3.05, 3.63) is 71.8 Å². The Bertz CT molecular complexity index is 570. The van der Waals surface area contributed by atoms with E-state index in [1.54, 1.807) is 36.4 Å². The lowest BCUT2D eigenvalue weighted by Gasteiger charge is -2.02. The molecule has 0 heterocycles. The fourth-order valence-electron chi connectivity index (χ4n) is 1.53. The van der Waals surface area contributed by atoms with Gasteiger partial charge in [-0.25, -0.2) is 4.21 Å². The Hall–Kier alpha value is -2.00.